The van der Waals surface area contributed by atoms with Gasteiger partial charge in [0.05, 0.1) is 23.0 Å². The zero-order chi connectivity index (χ0) is 15.6. The molecule has 0 unspecified atom stereocenters. The third-order valence-corrected chi connectivity index (χ3v) is 6.74. The molecule has 0 N–H and O–H groups in total. The van der Waals surface area contributed by atoms with E-state index in [0.29, 0.717) is 31.2 Å². The van der Waals surface area contributed by atoms with Crippen LogP contribution in [0.4, 0.5) is 0 Å². The number of nitrogens with zero attached hydrogens (tertiary/aromatic N) is 1. The first-order valence-corrected chi connectivity index (χ1v) is 9.16. The molecule has 0 spiro atoms. The van der Waals surface area contributed by atoms with Crippen LogP contribution in [0, 0.1) is 0 Å². The van der Waals surface area contributed by atoms with Gasteiger partial charge in [0.2, 0.25) is 9.84 Å². The first-order valence-electron chi connectivity index (χ1n) is 6.86. The Balaban J connectivity index is 1.86. The van der Waals surface area contributed by atoms with Crippen LogP contribution in [0.15, 0.2) is 51.6 Å². The predicted molar refractivity (Wildman–Crippen MR) is 82.9 cm³/mol. The molecular formula is C15H15NO4S2. The summed E-state index contributed by atoms with van der Waals surface area (Å²) in [5.74, 6) is -0.136. The molecule has 0 radical (unpaired) electrons. The zero-order valence-corrected chi connectivity index (χ0v) is 13.4. The van der Waals surface area contributed by atoms with Gasteiger partial charge in [-0.3, -0.25) is 4.79 Å². The number of sulfone groups is 1. The van der Waals surface area contributed by atoms with Gasteiger partial charge >= 0.3 is 0 Å². The van der Waals surface area contributed by atoms with Gasteiger partial charge < -0.3 is 9.64 Å². The number of rotatable bonds is 3. The van der Waals surface area contributed by atoms with E-state index in [1.807, 2.05) is 0 Å². The third kappa shape index (κ3) is 2.92. The van der Waals surface area contributed by atoms with Crippen LogP contribution in [0.3, 0.4) is 0 Å². The highest BCUT2D eigenvalue weighted by Gasteiger charge is 2.24. The van der Waals surface area contributed by atoms with Gasteiger partial charge in [-0.05, 0) is 24.3 Å². The van der Waals surface area contributed by atoms with E-state index in [4.69, 9.17) is 4.74 Å². The number of benzene rings is 1. The maximum Gasteiger partial charge on any atom is 0.264 e. The lowest BCUT2D eigenvalue weighted by molar-refractivity contribution is 0.0306. The number of carbonyl (C=O) groups excluding carboxylic acids is 1. The summed E-state index contributed by atoms with van der Waals surface area (Å²) < 4.78 is 30.4. The normalized spacial score (nSPS) is 15.7. The van der Waals surface area contributed by atoms with Crippen molar-refractivity contribution in [2.75, 3.05) is 26.3 Å². The third-order valence-electron chi connectivity index (χ3n) is 3.41. The lowest BCUT2D eigenvalue weighted by Crippen LogP contribution is -2.40. The van der Waals surface area contributed by atoms with Crippen LogP contribution in [0.25, 0.3) is 0 Å². The number of hydrogen-bond acceptors (Lipinski definition) is 5. The summed E-state index contributed by atoms with van der Waals surface area (Å²) in [5.41, 5.74) is 0. The quantitative estimate of drug-likeness (QED) is 0.860. The zero-order valence-electron chi connectivity index (χ0n) is 11.8. The van der Waals surface area contributed by atoms with E-state index >= 15 is 0 Å². The number of thiophene rings is 1. The molecule has 1 saturated heterocycles. The summed E-state index contributed by atoms with van der Waals surface area (Å²) in [6.07, 6.45) is 0. The Morgan fingerprint density at radius 1 is 1.05 bits per heavy atom. The summed E-state index contributed by atoms with van der Waals surface area (Å²) in [6, 6.07) is 11.3. The highest BCUT2D eigenvalue weighted by Crippen LogP contribution is 2.28. The molecule has 2 aromatic rings. The van der Waals surface area contributed by atoms with Gasteiger partial charge in [0, 0.05) is 13.1 Å². The largest absolute Gasteiger partial charge is 0.378 e. The molecule has 0 aliphatic carbocycles. The van der Waals surface area contributed by atoms with E-state index in [-0.39, 0.29) is 15.0 Å². The lowest BCUT2D eigenvalue weighted by Gasteiger charge is -2.26. The number of morpholine rings is 1. The van der Waals surface area contributed by atoms with Crippen LogP contribution in [-0.2, 0) is 14.6 Å². The SMILES string of the molecule is O=C(c1ccc(S(=O)(=O)c2ccccc2)s1)N1CCOCC1. The lowest BCUT2D eigenvalue weighted by atomic mass is 10.3. The molecule has 1 aromatic carbocycles. The van der Waals surface area contributed by atoms with Crippen LogP contribution < -0.4 is 0 Å². The Labute approximate surface area is 133 Å². The summed E-state index contributed by atoms with van der Waals surface area (Å²) in [6.45, 7) is 2.12. The van der Waals surface area contributed by atoms with Crippen molar-refractivity contribution in [1.29, 1.82) is 0 Å². The summed E-state index contributed by atoms with van der Waals surface area (Å²) in [5, 5.41) is 0. The van der Waals surface area contributed by atoms with Crippen molar-refractivity contribution in [3.05, 3.63) is 47.3 Å². The standard InChI is InChI=1S/C15H15NO4S2/c17-15(16-8-10-20-11-9-16)13-6-7-14(21-13)22(18,19)12-4-2-1-3-5-12/h1-7H,8-11H2. The van der Waals surface area contributed by atoms with Gasteiger partial charge in [0.15, 0.2) is 0 Å². The van der Waals surface area contributed by atoms with Crippen molar-refractivity contribution < 1.29 is 17.9 Å². The highest BCUT2D eigenvalue weighted by atomic mass is 32.2. The Bertz CT molecular complexity index is 762. The van der Waals surface area contributed by atoms with Crippen LogP contribution >= 0.6 is 11.3 Å². The minimum Gasteiger partial charge on any atom is -0.378 e. The number of hydrogen-bond donors (Lipinski definition) is 0. The van der Waals surface area contributed by atoms with Crippen molar-refractivity contribution in [3.8, 4) is 0 Å². The van der Waals surface area contributed by atoms with E-state index in [2.05, 4.69) is 0 Å². The van der Waals surface area contributed by atoms with Crippen molar-refractivity contribution in [1.82, 2.24) is 4.90 Å². The van der Waals surface area contributed by atoms with Crippen LogP contribution in [-0.4, -0.2) is 45.5 Å². The Morgan fingerprint density at radius 3 is 2.41 bits per heavy atom. The fourth-order valence-electron chi connectivity index (χ4n) is 2.22. The molecule has 22 heavy (non-hydrogen) atoms. The maximum absolute atomic E-state index is 12.5. The molecule has 1 amide bonds. The van der Waals surface area contributed by atoms with E-state index < -0.39 is 9.84 Å². The maximum atomic E-state index is 12.5. The highest BCUT2D eigenvalue weighted by molar-refractivity contribution is 7.93. The first-order chi connectivity index (χ1) is 10.6. The topological polar surface area (TPSA) is 63.7 Å². The second-order valence-corrected chi connectivity index (χ2v) is 8.10. The first kappa shape index (κ1) is 15.2. The van der Waals surface area contributed by atoms with Crippen LogP contribution in [0.2, 0.25) is 0 Å². The van der Waals surface area contributed by atoms with Gasteiger partial charge in [-0.15, -0.1) is 11.3 Å². The molecule has 7 heteroatoms. The molecule has 2 heterocycles. The Kier molecular flexibility index (Phi) is 4.28. The molecule has 1 aliphatic rings. The Morgan fingerprint density at radius 2 is 1.73 bits per heavy atom. The molecule has 5 nitrogen and oxygen atoms in total. The van der Waals surface area contributed by atoms with Gasteiger partial charge in [0.1, 0.15) is 4.21 Å². The number of amides is 1. The monoisotopic (exact) mass is 337 g/mol. The van der Waals surface area contributed by atoms with E-state index in [1.54, 1.807) is 41.3 Å². The molecule has 0 saturated carbocycles. The average Bonchev–Trinajstić information content (AvgIpc) is 3.06. The van der Waals surface area contributed by atoms with Gasteiger partial charge in [-0.2, -0.15) is 0 Å². The molecule has 0 atom stereocenters. The molecule has 1 fully saturated rings. The fraction of sp³-hybridized carbons (Fsp3) is 0.267. The minimum absolute atomic E-state index is 0.136. The van der Waals surface area contributed by atoms with Crippen molar-refractivity contribution in [3.63, 3.8) is 0 Å². The van der Waals surface area contributed by atoms with E-state index in [1.165, 1.54) is 6.07 Å². The summed E-state index contributed by atoms with van der Waals surface area (Å²) in [4.78, 5) is 14.7. The molecular weight excluding hydrogens is 322 g/mol. The Hall–Kier alpha value is -1.70. The van der Waals surface area contributed by atoms with Crippen LogP contribution in [0.1, 0.15) is 9.67 Å². The summed E-state index contributed by atoms with van der Waals surface area (Å²) in [7, 11) is -3.56. The van der Waals surface area contributed by atoms with Gasteiger partial charge in [-0.1, -0.05) is 18.2 Å². The van der Waals surface area contributed by atoms with E-state index in [9.17, 15) is 13.2 Å². The molecule has 0 bridgehead atoms. The summed E-state index contributed by atoms with van der Waals surface area (Å²) >= 11 is 1.02. The minimum atomic E-state index is -3.56. The second-order valence-electron chi connectivity index (χ2n) is 4.84. The van der Waals surface area contributed by atoms with Crippen molar-refractivity contribution in [2.45, 2.75) is 9.10 Å². The van der Waals surface area contributed by atoms with E-state index in [0.717, 1.165) is 11.3 Å². The average molecular weight is 337 g/mol. The van der Waals surface area contributed by atoms with Gasteiger partial charge in [0.25, 0.3) is 5.91 Å². The molecule has 1 aromatic heterocycles. The number of carbonyl (C=O) groups is 1. The predicted octanol–water partition coefficient (Wildman–Crippen LogP) is 2.05. The van der Waals surface area contributed by atoms with Crippen LogP contribution in [0.5, 0.6) is 0 Å². The molecule has 3 rings (SSSR count). The van der Waals surface area contributed by atoms with Crippen molar-refractivity contribution in [2.24, 2.45) is 0 Å². The van der Waals surface area contributed by atoms with Crippen molar-refractivity contribution >= 4 is 27.1 Å². The smallest absolute Gasteiger partial charge is 0.264 e. The fourth-order valence-corrected chi connectivity index (χ4v) is 4.91. The number of ether oxygens (including phenoxy) is 1. The second kappa shape index (κ2) is 6.20. The van der Waals surface area contributed by atoms with Gasteiger partial charge in [-0.25, -0.2) is 8.42 Å². The molecule has 116 valence electrons. The molecule has 1 aliphatic heterocycles.